The van der Waals surface area contributed by atoms with Gasteiger partial charge >= 0.3 is 0 Å². The summed E-state index contributed by atoms with van der Waals surface area (Å²) in [5.41, 5.74) is 0. The van der Waals surface area contributed by atoms with Gasteiger partial charge in [0.05, 0.1) is 25.4 Å². The average Bonchev–Trinajstić information content (AvgIpc) is 2.73. The van der Waals surface area contributed by atoms with Crippen molar-refractivity contribution in [3.63, 3.8) is 0 Å². The molecule has 0 N–H and O–H groups in total. The van der Waals surface area contributed by atoms with Gasteiger partial charge in [0.15, 0.2) is 10.3 Å². The number of ether oxygens (including phenoxy) is 2. The quantitative estimate of drug-likeness (QED) is 0.663. The van der Waals surface area contributed by atoms with Crippen LogP contribution >= 0.6 is 11.8 Å². The summed E-state index contributed by atoms with van der Waals surface area (Å²) >= 11 is 1.59. The Hall–Kier alpha value is -1.12. The highest BCUT2D eigenvalue weighted by Crippen LogP contribution is 2.21. The van der Waals surface area contributed by atoms with E-state index in [0.717, 1.165) is 49.7 Å². The van der Waals surface area contributed by atoms with E-state index in [1.807, 2.05) is 0 Å². The number of morpholine rings is 2. The van der Waals surface area contributed by atoms with Crippen LogP contribution in [0.1, 0.15) is 13.8 Å². The predicted octanol–water partition coefficient (Wildman–Crippen LogP) is 0.830. The molecule has 3 aliphatic heterocycles. The van der Waals surface area contributed by atoms with Crippen molar-refractivity contribution < 1.29 is 9.47 Å². The van der Waals surface area contributed by atoms with E-state index < -0.39 is 0 Å². The molecular formula is C13H21N5O2S. The lowest BCUT2D eigenvalue weighted by molar-refractivity contribution is -0.0472. The molecule has 3 aliphatic rings. The average molecular weight is 311 g/mol. The summed E-state index contributed by atoms with van der Waals surface area (Å²) in [7, 11) is 0. The topological polar surface area (TPSA) is 62.0 Å². The Balaban J connectivity index is 1.70. The van der Waals surface area contributed by atoms with Gasteiger partial charge in [-0.2, -0.15) is 0 Å². The molecule has 0 amide bonds. The maximum Gasteiger partial charge on any atom is 0.193 e. The number of thioether (sulfide) groups is 1. The molecule has 21 heavy (non-hydrogen) atoms. The summed E-state index contributed by atoms with van der Waals surface area (Å²) in [5.74, 6) is 0. The predicted molar refractivity (Wildman–Crippen MR) is 84.9 cm³/mol. The first-order valence-electron chi connectivity index (χ1n) is 7.30. The van der Waals surface area contributed by atoms with Gasteiger partial charge in [0.2, 0.25) is 0 Å². The van der Waals surface area contributed by atoms with E-state index >= 15 is 0 Å². The standard InChI is InChI=1S/C13H21N5O2S/c1-10-7-18(8-11(2)20-10)13-16-15-9-14-12(21-13)17-3-5-19-6-4-17/h9-11H,3-8H2,1-2H3. The Morgan fingerprint density at radius 1 is 1.10 bits per heavy atom. The van der Waals surface area contributed by atoms with Crippen molar-refractivity contribution in [2.24, 2.45) is 15.2 Å². The van der Waals surface area contributed by atoms with E-state index in [-0.39, 0.29) is 12.2 Å². The van der Waals surface area contributed by atoms with Gasteiger partial charge in [0.1, 0.15) is 6.34 Å². The monoisotopic (exact) mass is 311 g/mol. The first-order valence-corrected chi connectivity index (χ1v) is 8.12. The molecule has 0 aliphatic carbocycles. The second-order valence-corrected chi connectivity index (χ2v) is 6.32. The summed E-state index contributed by atoms with van der Waals surface area (Å²) in [4.78, 5) is 8.88. The Bertz CT molecular complexity index is 451. The maximum absolute atomic E-state index is 5.78. The summed E-state index contributed by atoms with van der Waals surface area (Å²) in [6.45, 7) is 9.06. The van der Waals surface area contributed by atoms with Gasteiger partial charge < -0.3 is 19.3 Å². The smallest absolute Gasteiger partial charge is 0.193 e. The zero-order valence-electron chi connectivity index (χ0n) is 12.4. The van der Waals surface area contributed by atoms with Gasteiger partial charge in [0, 0.05) is 26.2 Å². The molecule has 3 heterocycles. The van der Waals surface area contributed by atoms with Crippen LogP contribution in [0.4, 0.5) is 0 Å². The van der Waals surface area contributed by atoms with Crippen molar-refractivity contribution in [3.05, 3.63) is 0 Å². The van der Waals surface area contributed by atoms with E-state index in [0.29, 0.717) is 0 Å². The van der Waals surface area contributed by atoms with Crippen LogP contribution in [0.3, 0.4) is 0 Å². The highest BCUT2D eigenvalue weighted by Gasteiger charge is 2.28. The third-order valence-electron chi connectivity index (χ3n) is 3.52. The molecule has 0 radical (unpaired) electrons. The van der Waals surface area contributed by atoms with E-state index in [1.165, 1.54) is 6.34 Å². The molecule has 0 aromatic carbocycles. The lowest BCUT2D eigenvalue weighted by atomic mass is 10.2. The molecular weight excluding hydrogens is 290 g/mol. The van der Waals surface area contributed by atoms with E-state index in [1.54, 1.807) is 11.8 Å². The van der Waals surface area contributed by atoms with E-state index in [9.17, 15) is 0 Å². The fraction of sp³-hybridized carbons (Fsp3) is 0.769. The number of hydrogen-bond acceptors (Lipinski definition) is 8. The molecule has 0 spiro atoms. The summed E-state index contributed by atoms with van der Waals surface area (Å²) in [6, 6.07) is 0. The fourth-order valence-electron chi connectivity index (χ4n) is 2.64. The van der Waals surface area contributed by atoms with Crippen LogP contribution in [0.25, 0.3) is 0 Å². The van der Waals surface area contributed by atoms with Gasteiger partial charge in [-0.3, -0.25) is 0 Å². The van der Waals surface area contributed by atoms with Crippen LogP contribution in [0, 0.1) is 0 Å². The molecule has 8 heteroatoms. The number of rotatable bonds is 0. The third-order valence-corrected chi connectivity index (χ3v) is 4.59. The van der Waals surface area contributed by atoms with Gasteiger partial charge in [0.25, 0.3) is 0 Å². The number of amidine groups is 2. The third kappa shape index (κ3) is 3.75. The molecule has 0 bridgehead atoms. The Morgan fingerprint density at radius 3 is 2.52 bits per heavy atom. The SMILES string of the molecule is CC1CN(C2=NN=CN=C(N3CCOCC3)S2)CC(C)O1. The zero-order chi connectivity index (χ0) is 14.7. The van der Waals surface area contributed by atoms with Gasteiger partial charge in [-0.1, -0.05) is 0 Å². The van der Waals surface area contributed by atoms with Crippen molar-refractivity contribution in [3.8, 4) is 0 Å². The van der Waals surface area contributed by atoms with Crippen LogP contribution < -0.4 is 0 Å². The number of nitrogens with zero attached hydrogens (tertiary/aromatic N) is 5. The van der Waals surface area contributed by atoms with Crippen molar-refractivity contribution in [1.29, 1.82) is 0 Å². The number of hydrogen-bond donors (Lipinski definition) is 0. The number of aliphatic imine (C=N–C) groups is 1. The maximum atomic E-state index is 5.78. The Labute approximate surface area is 129 Å². The van der Waals surface area contributed by atoms with Crippen molar-refractivity contribution in [2.45, 2.75) is 26.1 Å². The fourth-order valence-corrected chi connectivity index (χ4v) is 3.58. The highest BCUT2D eigenvalue weighted by atomic mass is 32.2. The Kier molecular flexibility index (Phi) is 4.77. The largest absolute Gasteiger partial charge is 0.378 e. The molecule has 2 saturated heterocycles. The van der Waals surface area contributed by atoms with Crippen molar-refractivity contribution in [1.82, 2.24) is 9.80 Å². The molecule has 2 atom stereocenters. The second kappa shape index (κ2) is 6.76. The van der Waals surface area contributed by atoms with E-state index in [4.69, 9.17) is 9.47 Å². The van der Waals surface area contributed by atoms with E-state index in [2.05, 4.69) is 38.8 Å². The normalized spacial score (nSPS) is 30.8. The lowest BCUT2D eigenvalue weighted by Crippen LogP contribution is -2.48. The molecule has 3 rings (SSSR count). The molecule has 2 unspecified atom stereocenters. The Morgan fingerprint density at radius 2 is 1.81 bits per heavy atom. The van der Waals surface area contributed by atoms with Crippen LogP contribution in [-0.2, 0) is 9.47 Å². The molecule has 2 fully saturated rings. The minimum Gasteiger partial charge on any atom is -0.378 e. The summed E-state index contributed by atoms with van der Waals surface area (Å²) in [6.07, 6.45) is 1.93. The van der Waals surface area contributed by atoms with Crippen LogP contribution in [-0.4, -0.2) is 78.1 Å². The minimum absolute atomic E-state index is 0.202. The summed E-state index contributed by atoms with van der Waals surface area (Å²) in [5, 5.41) is 10.2. The summed E-state index contributed by atoms with van der Waals surface area (Å²) < 4.78 is 11.2. The van der Waals surface area contributed by atoms with Crippen molar-refractivity contribution >= 4 is 28.4 Å². The van der Waals surface area contributed by atoms with Gasteiger partial charge in [-0.05, 0) is 25.6 Å². The molecule has 0 aromatic heterocycles. The molecule has 7 nitrogen and oxygen atoms in total. The molecule has 0 aromatic rings. The van der Waals surface area contributed by atoms with Crippen LogP contribution in [0.15, 0.2) is 15.2 Å². The molecule has 116 valence electrons. The lowest BCUT2D eigenvalue weighted by Gasteiger charge is -2.37. The zero-order valence-corrected chi connectivity index (χ0v) is 13.3. The van der Waals surface area contributed by atoms with Crippen LogP contribution in [0.5, 0.6) is 0 Å². The van der Waals surface area contributed by atoms with Gasteiger partial charge in [-0.25, -0.2) is 4.99 Å². The van der Waals surface area contributed by atoms with Gasteiger partial charge in [-0.15, -0.1) is 10.2 Å². The second-order valence-electron chi connectivity index (χ2n) is 5.39. The van der Waals surface area contributed by atoms with Crippen LogP contribution in [0.2, 0.25) is 0 Å². The minimum atomic E-state index is 0.202. The first kappa shape index (κ1) is 14.8. The van der Waals surface area contributed by atoms with Crippen molar-refractivity contribution in [2.75, 3.05) is 39.4 Å². The first-order chi connectivity index (χ1) is 10.2. The molecule has 0 saturated carbocycles. The highest BCUT2D eigenvalue weighted by molar-refractivity contribution is 8.26.